The molecule has 28 heavy (non-hydrogen) atoms. The second-order valence-electron chi connectivity index (χ2n) is 7.41. The van der Waals surface area contributed by atoms with Crippen molar-refractivity contribution >= 4 is 17.4 Å². The highest BCUT2D eigenvalue weighted by atomic mass is 16.1. The van der Waals surface area contributed by atoms with Crippen LogP contribution in [0.3, 0.4) is 0 Å². The van der Waals surface area contributed by atoms with Crippen LogP contribution in [0.2, 0.25) is 0 Å². The lowest BCUT2D eigenvalue weighted by atomic mass is 10.0. The number of aryl methyl sites for hydroxylation is 1. The number of piperidine rings is 1. The van der Waals surface area contributed by atoms with Crippen molar-refractivity contribution in [3.8, 4) is 5.82 Å². The number of rotatable bonds is 4. The van der Waals surface area contributed by atoms with Crippen LogP contribution in [0.4, 0.5) is 11.5 Å². The van der Waals surface area contributed by atoms with Crippen molar-refractivity contribution in [2.75, 3.05) is 23.3 Å². The van der Waals surface area contributed by atoms with Crippen LogP contribution in [-0.2, 0) is 0 Å². The fourth-order valence-electron chi connectivity index (χ4n) is 3.45. The third-order valence-electron chi connectivity index (χ3n) is 5.01. The Labute approximate surface area is 164 Å². The molecular weight excluding hydrogens is 352 g/mol. The number of anilines is 2. The highest BCUT2D eigenvalue weighted by Crippen LogP contribution is 2.22. The molecule has 4 rings (SSSR count). The number of imidazole rings is 1. The van der Waals surface area contributed by atoms with Gasteiger partial charge in [0.05, 0.1) is 0 Å². The summed E-state index contributed by atoms with van der Waals surface area (Å²) in [4.78, 5) is 27.8. The Balaban J connectivity index is 1.50. The van der Waals surface area contributed by atoms with Crippen molar-refractivity contribution in [2.24, 2.45) is 5.92 Å². The lowest BCUT2D eigenvalue weighted by Gasteiger charge is -2.31. The van der Waals surface area contributed by atoms with Gasteiger partial charge in [-0.3, -0.25) is 9.36 Å². The molecule has 0 spiro atoms. The molecular formula is C21H24N6O. The Kier molecular flexibility index (Phi) is 5.06. The van der Waals surface area contributed by atoms with Gasteiger partial charge in [0.25, 0.3) is 5.91 Å². The Morgan fingerprint density at radius 3 is 2.71 bits per heavy atom. The summed E-state index contributed by atoms with van der Waals surface area (Å²) >= 11 is 0. The van der Waals surface area contributed by atoms with Crippen LogP contribution < -0.4 is 10.2 Å². The number of nitrogens with zero attached hydrogens (tertiary/aromatic N) is 5. The smallest absolute Gasteiger partial charge is 0.275 e. The minimum Gasteiger partial charge on any atom is -0.356 e. The summed E-state index contributed by atoms with van der Waals surface area (Å²) in [6.45, 7) is 6.29. The first-order valence-electron chi connectivity index (χ1n) is 9.58. The summed E-state index contributed by atoms with van der Waals surface area (Å²) in [5.74, 6) is 2.03. The average molecular weight is 376 g/mol. The molecule has 3 heterocycles. The van der Waals surface area contributed by atoms with Crippen molar-refractivity contribution in [2.45, 2.75) is 26.7 Å². The highest BCUT2D eigenvalue weighted by Gasteiger charge is 2.18. The molecule has 1 aliphatic rings. The number of aromatic nitrogens is 4. The van der Waals surface area contributed by atoms with Crippen LogP contribution in [0.15, 0.2) is 49.2 Å². The summed E-state index contributed by atoms with van der Waals surface area (Å²) < 4.78 is 1.75. The molecule has 1 atom stereocenters. The lowest BCUT2D eigenvalue weighted by Crippen LogP contribution is -2.34. The van der Waals surface area contributed by atoms with E-state index in [1.165, 1.54) is 12.8 Å². The molecule has 1 saturated heterocycles. The van der Waals surface area contributed by atoms with Gasteiger partial charge in [-0.25, -0.2) is 15.0 Å². The van der Waals surface area contributed by atoms with Crippen molar-refractivity contribution < 1.29 is 4.79 Å². The van der Waals surface area contributed by atoms with E-state index in [1.807, 2.05) is 37.3 Å². The number of benzene rings is 1. The van der Waals surface area contributed by atoms with E-state index in [0.29, 0.717) is 17.4 Å². The molecule has 1 N–H and O–H groups in total. The van der Waals surface area contributed by atoms with Gasteiger partial charge in [-0.05, 0) is 37.8 Å². The van der Waals surface area contributed by atoms with Crippen molar-refractivity contribution in [1.82, 2.24) is 19.5 Å². The Hall–Kier alpha value is -3.22. The maximum absolute atomic E-state index is 12.5. The first kappa shape index (κ1) is 18.2. The third-order valence-corrected chi connectivity index (χ3v) is 5.01. The minimum atomic E-state index is -0.248. The predicted molar refractivity (Wildman–Crippen MR) is 109 cm³/mol. The monoisotopic (exact) mass is 376 g/mol. The van der Waals surface area contributed by atoms with Crippen LogP contribution in [0.5, 0.6) is 0 Å². The standard InChI is InChI=1S/C21H24N6O/c1-15-5-7-17(8-6-15)25-21(28)18-12-27(14-24-18)20-10-19(22-13-23-20)26-9-3-4-16(2)11-26/h5-8,10,12-14,16H,3-4,9,11H2,1-2H3,(H,25,28)/t16-/m1/s1. The van der Waals surface area contributed by atoms with Gasteiger partial charge >= 0.3 is 0 Å². The second-order valence-corrected chi connectivity index (χ2v) is 7.41. The Morgan fingerprint density at radius 1 is 1.14 bits per heavy atom. The number of amides is 1. The zero-order valence-corrected chi connectivity index (χ0v) is 16.2. The summed E-state index contributed by atoms with van der Waals surface area (Å²) in [5, 5.41) is 2.86. The van der Waals surface area contributed by atoms with Gasteiger partial charge in [0.1, 0.15) is 30.0 Å². The first-order valence-corrected chi connectivity index (χ1v) is 9.58. The normalized spacial score (nSPS) is 16.8. The van der Waals surface area contributed by atoms with E-state index in [9.17, 15) is 4.79 Å². The van der Waals surface area contributed by atoms with Gasteiger partial charge in [-0.1, -0.05) is 24.6 Å². The summed E-state index contributed by atoms with van der Waals surface area (Å²) in [6.07, 6.45) is 7.30. The van der Waals surface area contributed by atoms with Crippen molar-refractivity contribution in [1.29, 1.82) is 0 Å². The lowest BCUT2D eigenvalue weighted by molar-refractivity contribution is 0.102. The maximum atomic E-state index is 12.5. The third kappa shape index (κ3) is 4.03. The number of carbonyl (C=O) groups excluding carboxylic acids is 1. The van der Waals surface area contributed by atoms with Crippen LogP contribution in [0, 0.1) is 12.8 Å². The molecule has 0 bridgehead atoms. The van der Waals surface area contributed by atoms with E-state index in [1.54, 1.807) is 23.4 Å². The van der Waals surface area contributed by atoms with Gasteiger partial charge in [0.15, 0.2) is 0 Å². The zero-order valence-electron chi connectivity index (χ0n) is 16.2. The molecule has 3 aromatic rings. The van der Waals surface area contributed by atoms with E-state index in [4.69, 9.17) is 0 Å². The number of carbonyl (C=O) groups is 1. The van der Waals surface area contributed by atoms with Gasteiger partial charge in [-0.2, -0.15) is 0 Å². The van der Waals surface area contributed by atoms with Crippen molar-refractivity contribution in [3.63, 3.8) is 0 Å². The average Bonchev–Trinajstić information content (AvgIpc) is 3.20. The molecule has 0 saturated carbocycles. The molecule has 1 aliphatic heterocycles. The number of nitrogens with one attached hydrogen (secondary N) is 1. The van der Waals surface area contributed by atoms with Crippen LogP contribution in [0.1, 0.15) is 35.8 Å². The molecule has 0 radical (unpaired) electrons. The zero-order chi connectivity index (χ0) is 19.5. The van der Waals surface area contributed by atoms with Crippen LogP contribution in [-0.4, -0.2) is 38.5 Å². The van der Waals surface area contributed by atoms with Gasteiger partial charge in [0, 0.05) is 31.0 Å². The second kappa shape index (κ2) is 7.80. The van der Waals surface area contributed by atoms with Crippen LogP contribution in [0.25, 0.3) is 5.82 Å². The van der Waals surface area contributed by atoms with Gasteiger partial charge in [0.2, 0.25) is 0 Å². The molecule has 0 aliphatic carbocycles. The molecule has 7 heteroatoms. The first-order chi connectivity index (χ1) is 13.6. The summed E-state index contributed by atoms with van der Waals surface area (Å²) in [5.41, 5.74) is 2.23. The van der Waals surface area contributed by atoms with E-state index >= 15 is 0 Å². The molecule has 1 amide bonds. The Morgan fingerprint density at radius 2 is 1.93 bits per heavy atom. The molecule has 1 fully saturated rings. The van der Waals surface area contributed by atoms with E-state index < -0.39 is 0 Å². The van der Waals surface area contributed by atoms with Gasteiger partial charge in [-0.15, -0.1) is 0 Å². The molecule has 2 aromatic heterocycles. The minimum absolute atomic E-state index is 0.248. The quantitative estimate of drug-likeness (QED) is 0.755. The number of hydrogen-bond acceptors (Lipinski definition) is 5. The Bertz CT molecular complexity index is 965. The summed E-state index contributed by atoms with van der Waals surface area (Å²) in [7, 11) is 0. The number of hydrogen-bond donors (Lipinski definition) is 1. The molecule has 0 unspecified atom stereocenters. The van der Waals surface area contributed by atoms with Gasteiger partial charge < -0.3 is 10.2 Å². The van der Waals surface area contributed by atoms with Crippen LogP contribution >= 0.6 is 0 Å². The maximum Gasteiger partial charge on any atom is 0.275 e. The fraction of sp³-hybridized carbons (Fsp3) is 0.333. The van der Waals surface area contributed by atoms with Crippen molar-refractivity contribution in [3.05, 3.63) is 60.4 Å². The predicted octanol–water partition coefficient (Wildman–Crippen LogP) is 3.46. The largest absolute Gasteiger partial charge is 0.356 e. The van der Waals surface area contributed by atoms with E-state index in [2.05, 4.69) is 32.1 Å². The molecule has 1 aromatic carbocycles. The summed E-state index contributed by atoms with van der Waals surface area (Å²) in [6, 6.07) is 9.61. The fourth-order valence-corrected chi connectivity index (χ4v) is 3.45. The molecule has 144 valence electrons. The highest BCUT2D eigenvalue weighted by molar-refractivity contribution is 6.02. The molecule has 7 nitrogen and oxygen atoms in total. The SMILES string of the molecule is Cc1ccc(NC(=O)c2cn(-c3cc(N4CCC[C@@H](C)C4)ncn3)cn2)cc1. The van der Waals surface area contributed by atoms with E-state index in [-0.39, 0.29) is 5.91 Å². The topological polar surface area (TPSA) is 75.9 Å². The van der Waals surface area contributed by atoms with E-state index in [0.717, 1.165) is 30.2 Å².